The van der Waals surface area contributed by atoms with E-state index in [0.717, 1.165) is 35.5 Å². The Morgan fingerprint density at radius 3 is 2.79 bits per heavy atom. The minimum Gasteiger partial charge on any atom is -0.383 e. The van der Waals surface area contributed by atoms with Crippen LogP contribution in [0.25, 0.3) is 10.8 Å². The molecule has 0 saturated carbocycles. The van der Waals surface area contributed by atoms with Crippen LogP contribution in [0, 0.1) is 6.92 Å². The molecule has 2 atom stereocenters. The minimum atomic E-state index is -0.0766. The fraction of sp³-hybridized carbons (Fsp3) is 0.320. The van der Waals surface area contributed by atoms with Gasteiger partial charge < -0.3 is 16.0 Å². The van der Waals surface area contributed by atoms with E-state index in [1.54, 1.807) is 0 Å². The summed E-state index contributed by atoms with van der Waals surface area (Å²) in [4.78, 5) is 13.0. The Hall–Kier alpha value is -2.85. The highest BCUT2D eigenvalue weighted by Crippen LogP contribution is 2.25. The molecule has 1 heterocycles. The van der Waals surface area contributed by atoms with Crippen LogP contribution < -0.4 is 16.0 Å². The second-order valence-electron chi connectivity index (χ2n) is 7.97. The Morgan fingerprint density at radius 1 is 1.14 bits per heavy atom. The van der Waals surface area contributed by atoms with Crippen molar-refractivity contribution in [2.75, 3.05) is 18.4 Å². The summed E-state index contributed by atoms with van der Waals surface area (Å²) in [5.41, 5.74) is 3.83. The molecule has 4 rings (SSSR count). The van der Waals surface area contributed by atoms with Crippen LogP contribution in [0.2, 0.25) is 0 Å². The van der Waals surface area contributed by atoms with Crippen molar-refractivity contribution < 1.29 is 4.79 Å². The second-order valence-corrected chi connectivity index (χ2v) is 7.97. The lowest BCUT2D eigenvalue weighted by atomic mass is 9.99. The maximum atomic E-state index is 13.0. The molecule has 1 aliphatic rings. The number of benzene rings is 3. The van der Waals surface area contributed by atoms with Crippen molar-refractivity contribution >= 4 is 22.4 Å². The summed E-state index contributed by atoms with van der Waals surface area (Å²) in [7, 11) is 0. The number of carbonyl (C=O) groups is 1. The van der Waals surface area contributed by atoms with Gasteiger partial charge in [0.05, 0.1) is 6.04 Å². The fourth-order valence-corrected chi connectivity index (χ4v) is 4.13. The number of aryl methyl sites for hydroxylation is 1. The van der Waals surface area contributed by atoms with Crippen molar-refractivity contribution in [3.63, 3.8) is 0 Å². The summed E-state index contributed by atoms with van der Waals surface area (Å²) < 4.78 is 0. The van der Waals surface area contributed by atoms with E-state index < -0.39 is 0 Å². The summed E-state index contributed by atoms with van der Waals surface area (Å²) >= 11 is 0. The molecule has 0 bridgehead atoms. The molecule has 3 aromatic carbocycles. The summed E-state index contributed by atoms with van der Waals surface area (Å²) in [6.07, 6.45) is 2.44. The number of hydrogen-bond donors (Lipinski definition) is 3. The number of amides is 1. The largest absolute Gasteiger partial charge is 0.383 e. The lowest BCUT2D eigenvalue weighted by Crippen LogP contribution is -2.29. The van der Waals surface area contributed by atoms with Gasteiger partial charge in [0.2, 0.25) is 0 Å². The van der Waals surface area contributed by atoms with Crippen molar-refractivity contribution in [3.05, 3.63) is 77.4 Å². The van der Waals surface area contributed by atoms with Crippen LogP contribution in [-0.2, 0) is 0 Å². The first kappa shape index (κ1) is 19.5. The Morgan fingerprint density at radius 2 is 1.97 bits per heavy atom. The van der Waals surface area contributed by atoms with Crippen LogP contribution in [0.4, 0.5) is 5.69 Å². The average Bonchev–Trinajstić information content (AvgIpc) is 3.26. The van der Waals surface area contributed by atoms with Crippen molar-refractivity contribution in [3.8, 4) is 0 Å². The van der Waals surface area contributed by atoms with Crippen molar-refractivity contribution in [2.45, 2.75) is 38.8 Å². The van der Waals surface area contributed by atoms with E-state index in [-0.39, 0.29) is 11.9 Å². The van der Waals surface area contributed by atoms with Crippen LogP contribution in [0.1, 0.15) is 47.3 Å². The number of carbonyl (C=O) groups excluding carboxylic acids is 1. The number of anilines is 1. The van der Waals surface area contributed by atoms with E-state index in [9.17, 15) is 4.79 Å². The molecule has 4 heteroatoms. The van der Waals surface area contributed by atoms with E-state index in [1.165, 1.54) is 23.6 Å². The lowest BCUT2D eigenvalue weighted by molar-refractivity contribution is 0.0939. The van der Waals surface area contributed by atoms with Gasteiger partial charge in [-0.1, -0.05) is 48.5 Å². The molecule has 0 aliphatic carbocycles. The van der Waals surface area contributed by atoms with Crippen LogP contribution in [0.5, 0.6) is 0 Å². The Bertz CT molecular complexity index is 1000. The van der Waals surface area contributed by atoms with Gasteiger partial charge in [0.15, 0.2) is 0 Å². The highest BCUT2D eigenvalue weighted by Gasteiger charge is 2.17. The van der Waals surface area contributed by atoms with Crippen LogP contribution in [-0.4, -0.2) is 25.0 Å². The van der Waals surface area contributed by atoms with Gasteiger partial charge >= 0.3 is 0 Å². The van der Waals surface area contributed by atoms with Crippen molar-refractivity contribution in [2.24, 2.45) is 0 Å². The van der Waals surface area contributed by atoms with Gasteiger partial charge in [0, 0.05) is 23.8 Å². The van der Waals surface area contributed by atoms with Gasteiger partial charge in [-0.2, -0.15) is 0 Å². The lowest BCUT2D eigenvalue weighted by Gasteiger charge is -2.18. The topological polar surface area (TPSA) is 53.2 Å². The summed E-state index contributed by atoms with van der Waals surface area (Å²) in [6, 6.07) is 21.0. The number of rotatable bonds is 6. The smallest absolute Gasteiger partial charge is 0.252 e. The van der Waals surface area contributed by atoms with E-state index in [2.05, 4.69) is 46.3 Å². The third kappa shape index (κ3) is 4.43. The Balaban J connectivity index is 1.49. The fourth-order valence-electron chi connectivity index (χ4n) is 4.13. The van der Waals surface area contributed by atoms with Gasteiger partial charge in [0.25, 0.3) is 5.91 Å². The molecule has 0 radical (unpaired) electrons. The van der Waals surface area contributed by atoms with Gasteiger partial charge in [-0.15, -0.1) is 0 Å². The standard InChI is InChI=1S/C25H29N3O/c1-17-12-13-20(27-16-21-9-6-14-26-21)15-24(17)25(29)28-18(2)22-11-5-8-19-7-3-4-10-23(19)22/h3-5,7-8,10-13,15,18,21,26-27H,6,9,14,16H2,1-2H3,(H,28,29)/t18-,21+/m1/s1. The van der Waals surface area contributed by atoms with Crippen molar-refractivity contribution in [1.29, 1.82) is 0 Å². The van der Waals surface area contributed by atoms with E-state index in [0.29, 0.717) is 6.04 Å². The van der Waals surface area contributed by atoms with Gasteiger partial charge in [-0.25, -0.2) is 0 Å². The van der Waals surface area contributed by atoms with Crippen LogP contribution >= 0.6 is 0 Å². The molecule has 4 nitrogen and oxygen atoms in total. The van der Waals surface area contributed by atoms with E-state index in [1.807, 2.05) is 44.2 Å². The monoisotopic (exact) mass is 387 g/mol. The zero-order valence-electron chi connectivity index (χ0n) is 17.2. The molecule has 1 amide bonds. The van der Waals surface area contributed by atoms with Gasteiger partial charge in [-0.05, 0) is 67.3 Å². The molecule has 150 valence electrons. The first-order chi connectivity index (χ1) is 14.1. The molecular weight excluding hydrogens is 358 g/mol. The SMILES string of the molecule is Cc1ccc(NC[C@@H]2CCCN2)cc1C(=O)N[C@H](C)c1cccc2ccccc12. The predicted octanol–water partition coefficient (Wildman–Crippen LogP) is 4.80. The molecule has 3 N–H and O–H groups in total. The van der Waals surface area contributed by atoms with Crippen LogP contribution in [0.15, 0.2) is 60.7 Å². The van der Waals surface area contributed by atoms with E-state index in [4.69, 9.17) is 0 Å². The quantitative estimate of drug-likeness (QED) is 0.569. The molecular formula is C25H29N3O. The summed E-state index contributed by atoms with van der Waals surface area (Å²) in [5, 5.41) is 12.5. The Kier molecular flexibility index (Phi) is 5.81. The molecule has 1 fully saturated rings. The number of hydrogen-bond acceptors (Lipinski definition) is 3. The molecule has 0 spiro atoms. The zero-order chi connectivity index (χ0) is 20.2. The van der Waals surface area contributed by atoms with E-state index >= 15 is 0 Å². The molecule has 0 unspecified atom stereocenters. The van der Waals surface area contributed by atoms with Crippen LogP contribution in [0.3, 0.4) is 0 Å². The predicted molar refractivity (Wildman–Crippen MR) is 121 cm³/mol. The first-order valence-electron chi connectivity index (χ1n) is 10.5. The van der Waals surface area contributed by atoms with Gasteiger partial charge in [-0.3, -0.25) is 4.79 Å². The molecule has 0 aromatic heterocycles. The third-order valence-electron chi connectivity index (χ3n) is 5.83. The minimum absolute atomic E-state index is 0.0365. The third-order valence-corrected chi connectivity index (χ3v) is 5.83. The summed E-state index contributed by atoms with van der Waals surface area (Å²) in [6.45, 7) is 6.01. The molecule has 29 heavy (non-hydrogen) atoms. The second kappa shape index (κ2) is 8.66. The highest BCUT2D eigenvalue weighted by molar-refractivity contribution is 5.97. The molecule has 1 aliphatic heterocycles. The molecule has 3 aromatic rings. The molecule has 1 saturated heterocycles. The highest BCUT2D eigenvalue weighted by atomic mass is 16.1. The maximum Gasteiger partial charge on any atom is 0.252 e. The number of fused-ring (bicyclic) bond motifs is 1. The summed E-state index contributed by atoms with van der Waals surface area (Å²) in [5.74, 6) is -0.0365. The van der Waals surface area contributed by atoms with Gasteiger partial charge in [0.1, 0.15) is 0 Å². The first-order valence-corrected chi connectivity index (χ1v) is 10.5. The zero-order valence-corrected chi connectivity index (χ0v) is 17.2. The number of nitrogens with one attached hydrogen (secondary N) is 3. The normalized spacial score (nSPS) is 17.2. The maximum absolute atomic E-state index is 13.0. The average molecular weight is 388 g/mol. The van der Waals surface area contributed by atoms with Crippen molar-refractivity contribution in [1.82, 2.24) is 10.6 Å². The Labute approximate surface area is 172 Å².